The van der Waals surface area contributed by atoms with Crippen molar-refractivity contribution in [3.05, 3.63) is 45.4 Å². The third-order valence-electron chi connectivity index (χ3n) is 3.48. The van der Waals surface area contributed by atoms with Crippen molar-refractivity contribution in [2.45, 2.75) is 13.0 Å². The number of anilines is 1. The van der Waals surface area contributed by atoms with Gasteiger partial charge in [-0.3, -0.25) is 9.52 Å². The smallest absolute Gasteiger partial charge is 0.238 e. The molecule has 0 aliphatic heterocycles. The minimum Gasteiger partial charge on any atom is -0.348 e. The largest absolute Gasteiger partial charge is 0.348 e. The lowest BCUT2D eigenvalue weighted by Gasteiger charge is -2.07. The molecule has 1 aromatic heterocycles. The van der Waals surface area contributed by atoms with Gasteiger partial charge in [0.2, 0.25) is 21.1 Å². The van der Waals surface area contributed by atoms with Gasteiger partial charge >= 0.3 is 0 Å². The van der Waals surface area contributed by atoms with E-state index in [0.717, 1.165) is 22.5 Å². The summed E-state index contributed by atoms with van der Waals surface area (Å²) in [5.74, 6) is -0.393. The summed E-state index contributed by atoms with van der Waals surface area (Å²) in [5.41, 5.74) is 7.19. The summed E-state index contributed by atoms with van der Waals surface area (Å²) in [7, 11) is -0.386. The Labute approximate surface area is 167 Å². The number of carbonyl (C=O) groups is 1. The number of nitrogens with zero attached hydrogens (tertiary/aromatic N) is 3. The molecule has 0 bridgehead atoms. The van der Waals surface area contributed by atoms with Crippen LogP contribution in [0.2, 0.25) is 5.02 Å². The summed E-state index contributed by atoms with van der Waals surface area (Å²) in [6.07, 6.45) is 3.24. The van der Waals surface area contributed by atoms with Crippen molar-refractivity contribution in [2.24, 2.45) is 5.73 Å². The van der Waals surface area contributed by atoms with Gasteiger partial charge in [0.25, 0.3) is 0 Å². The lowest BCUT2D eigenvalue weighted by Crippen LogP contribution is -2.23. The van der Waals surface area contributed by atoms with Crippen molar-refractivity contribution < 1.29 is 13.2 Å². The van der Waals surface area contributed by atoms with Gasteiger partial charge in [-0.1, -0.05) is 47.2 Å². The van der Waals surface area contributed by atoms with E-state index in [4.69, 9.17) is 17.3 Å². The minimum absolute atomic E-state index is 0.0724. The first-order valence-electron chi connectivity index (χ1n) is 7.89. The predicted octanol–water partition coefficient (Wildman–Crippen LogP) is 1.74. The molecule has 1 heterocycles. The van der Waals surface area contributed by atoms with Gasteiger partial charge in [0, 0.05) is 25.7 Å². The fourth-order valence-corrected chi connectivity index (χ4v) is 4.21. The molecular weight excluding hydrogens is 410 g/mol. The van der Waals surface area contributed by atoms with E-state index in [2.05, 4.69) is 14.9 Å². The molecule has 0 radical (unpaired) electrons. The standard InChI is InChI=1S/C16H20ClN5O3S2/c1-22(2)15(23)9-14-19-20-16(26-14)21-27(24,25)8-4-6-11-5-3-7-13(17)12(11)10-18/h3-7H,8-10,18H2,1-2H3,(H,20,21). The molecule has 0 atom stereocenters. The Morgan fingerprint density at radius 2 is 2.11 bits per heavy atom. The molecule has 2 aromatic rings. The van der Waals surface area contributed by atoms with E-state index < -0.39 is 10.0 Å². The lowest BCUT2D eigenvalue weighted by molar-refractivity contribution is -0.127. The molecule has 0 saturated heterocycles. The zero-order chi connectivity index (χ0) is 20.0. The highest BCUT2D eigenvalue weighted by Gasteiger charge is 2.15. The Kier molecular flexibility index (Phi) is 7.31. The van der Waals surface area contributed by atoms with Gasteiger partial charge in [-0.15, -0.1) is 10.2 Å². The molecule has 0 fully saturated rings. The highest BCUT2D eigenvalue weighted by molar-refractivity contribution is 7.93. The van der Waals surface area contributed by atoms with Crippen LogP contribution in [-0.2, 0) is 27.8 Å². The Hall–Kier alpha value is -2.01. The number of carbonyl (C=O) groups excluding carboxylic acids is 1. The number of halogens is 1. The molecule has 3 N–H and O–H groups in total. The molecule has 27 heavy (non-hydrogen) atoms. The second-order valence-corrected chi connectivity index (χ2v) is 9.00. The minimum atomic E-state index is -3.65. The number of nitrogens with two attached hydrogens (primary N) is 1. The maximum atomic E-state index is 12.2. The molecule has 0 aliphatic carbocycles. The van der Waals surface area contributed by atoms with Gasteiger partial charge in [0.1, 0.15) is 5.01 Å². The lowest BCUT2D eigenvalue weighted by atomic mass is 10.1. The first-order valence-corrected chi connectivity index (χ1v) is 10.7. The van der Waals surface area contributed by atoms with E-state index in [-0.39, 0.29) is 29.8 Å². The van der Waals surface area contributed by atoms with Crippen molar-refractivity contribution >= 4 is 50.1 Å². The van der Waals surface area contributed by atoms with Crippen LogP contribution in [-0.4, -0.2) is 49.3 Å². The third kappa shape index (κ3) is 6.28. The highest BCUT2D eigenvalue weighted by atomic mass is 35.5. The van der Waals surface area contributed by atoms with Gasteiger partial charge in [-0.25, -0.2) is 8.42 Å². The Morgan fingerprint density at radius 3 is 2.78 bits per heavy atom. The van der Waals surface area contributed by atoms with Crippen LogP contribution in [0.15, 0.2) is 24.3 Å². The summed E-state index contributed by atoms with van der Waals surface area (Å²) in [6, 6.07) is 5.31. The first-order chi connectivity index (χ1) is 12.7. The van der Waals surface area contributed by atoms with Crippen LogP contribution in [0.3, 0.4) is 0 Å². The molecule has 0 unspecified atom stereocenters. The van der Waals surface area contributed by atoms with Crippen molar-refractivity contribution in [3.8, 4) is 0 Å². The topological polar surface area (TPSA) is 118 Å². The molecule has 1 aromatic carbocycles. The summed E-state index contributed by atoms with van der Waals surface area (Å²) in [5, 5.41) is 8.69. The molecule has 11 heteroatoms. The van der Waals surface area contributed by atoms with E-state index in [1.165, 1.54) is 11.0 Å². The Bertz CT molecular complexity index is 941. The molecule has 146 valence electrons. The quantitative estimate of drug-likeness (QED) is 0.659. The van der Waals surface area contributed by atoms with E-state index >= 15 is 0 Å². The second-order valence-electron chi connectivity index (χ2n) is 5.76. The molecule has 0 aliphatic rings. The number of hydrogen-bond acceptors (Lipinski definition) is 7. The zero-order valence-electron chi connectivity index (χ0n) is 14.8. The van der Waals surface area contributed by atoms with E-state index in [0.29, 0.717) is 10.0 Å². The predicted molar refractivity (Wildman–Crippen MR) is 108 cm³/mol. The number of likely N-dealkylation sites (N-methyl/N-ethyl adjacent to an activating group) is 1. The van der Waals surface area contributed by atoms with Gasteiger partial charge < -0.3 is 10.6 Å². The maximum absolute atomic E-state index is 12.2. The fraction of sp³-hybridized carbons (Fsp3) is 0.312. The van der Waals surface area contributed by atoms with Gasteiger partial charge in [-0.05, 0) is 17.2 Å². The van der Waals surface area contributed by atoms with Crippen LogP contribution < -0.4 is 10.5 Å². The number of sulfonamides is 1. The van der Waals surface area contributed by atoms with Crippen LogP contribution in [0, 0.1) is 0 Å². The van der Waals surface area contributed by atoms with E-state index in [9.17, 15) is 13.2 Å². The number of aromatic nitrogens is 2. The van der Waals surface area contributed by atoms with Crippen molar-refractivity contribution in [1.82, 2.24) is 15.1 Å². The van der Waals surface area contributed by atoms with Crippen LogP contribution in [0.1, 0.15) is 16.1 Å². The molecule has 0 saturated carbocycles. The summed E-state index contributed by atoms with van der Waals surface area (Å²) < 4.78 is 26.8. The Balaban J connectivity index is 2.01. The second kappa shape index (κ2) is 9.27. The summed E-state index contributed by atoms with van der Waals surface area (Å²) >= 11 is 7.10. The number of hydrogen-bond donors (Lipinski definition) is 2. The number of benzene rings is 1. The van der Waals surface area contributed by atoms with E-state index in [1.807, 2.05) is 6.07 Å². The van der Waals surface area contributed by atoms with Crippen LogP contribution in [0.4, 0.5) is 5.13 Å². The number of rotatable bonds is 8. The van der Waals surface area contributed by atoms with E-state index in [1.54, 1.807) is 32.3 Å². The van der Waals surface area contributed by atoms with Crippen LogP contribution in [0.5, 0.6) is 0 Å². The maximum Gasteiger partial charge on any atom is 0.238 e. The molecule has 2 rings (SSSR count). The highest BCUT2D eigenvalue weighted by Crippen LogP contribution is 2.21. The zero-order valence-corrected chi connectivity index (χ0v) is 17.2. The van der Waals surface area contributed by atoms with Crippen molar-refractivity contribution in [3.63, 3.8) is 0 Å². The van der Waals surface area contributed by atoms with Crippen molar-refractivity contribution in [1.29, 1.82) is 0 Å². The molecular formula is C16H20ClN5O3S2. The average Bonchev–Trinajstić information content (AvgIpc) is 3.00. The average molecular weight is 430 g/mol. The summed E-state index contributed by atoms with van der Waals surface area (Å²) in [6.45, 7) is 0.254. The molecule has 0 spiro atoms. The molecule has 8 nitrogen and oxygen atoms in total. The first kappa shape index (κ1) is 21.3. The fourth-order valence-electron chi connectivity index (χ4n) is 2.08. The molecule has 1 amide bonds. The summed E-state index contributed by atoms with van der Waals surface area (Å²) in [4.78, 5) is 13.1. The normalized spacial score (nSPS) is 11.7. The van der Waals surface area contributed by atoms with Gasteiger partial charge in [-0.2, -0.15) is 0 Å². The van der Waals surface area contributed by atoms with Crippen LogP contribution >= 0.6 is 22.9 Å². The monoisotopic (exact) mass is 429 g/mol. The third-order valence-corrected chi connectivity index (χ3v) is 5.94. The van der Waals surface area contributed by atoms with Crippen molar-refractivity contribution in [2.75, 3.05) is 24.6 Å². The van der Waals surface area contributed by atoms with Crippen LogP contribution in [0.25, 0.3) is 6.08 Å². The Morgan fingerprint density at radius 1 is 1.37 bits per heavy atom. The SMILES string of the molecule is CN(C)C(=O)Cc1nnc(NS(=O)(=O)CC=Cc2cccc(Cl)c2CN)s1. The van der Waals surface area contributed by atoms with Gasteiger partial charge in [0.15, 0.2) is 0 Å². The number of nitrogens with one attached hydrogen (secondary N) is 1. The number of amides is 1. The van der Waals surface area contributed by atoms with Gasteiger partial charge in [0.05, 0.1) is 12.2 Å².